The van der Waals surface area contributed by atoms with Crippen molar-refractivity contribution in [2.75, 3.05) is 10.6 Å². The Morgan fingerprint density at radius 3 is 2.34 bits per heavy atom. The third kappa shape index (κ3) is 4.55. The van der Waals surface area contributed by atoms with Gasteiger partial charge in [0.2, 0.25) is 0 Å². The maximum absolute atomic E-state index is 12.7. The molecular formula is C22H17N5O4S. The topological polar surface area (TPSA) is 119 Å². The van der Waals surface area contributed by atoms with Crippen molar-refractivity contribution in [3.63, 3.8) is 0 Å². The van der Waals surface area contributed by atoms with Crippen molar-refractivity contribution in [1.82, 2.24) is 9.78 Å². The number of aromatic nitrogens is 2. The van der Waals surface area contributed by atoms with Crippen LogP contribution in [0.3, 0.4) is 0 Å². The number of hydrogen-bond acceptors (Lipinski definition) is 6. The molecule has 2 N–H and O–H groups in total. The Morgan fingerprint density at radius 1 is 1.00 bits per heavy atom. The lowest BCUT2D eigenvalue weighted by Crippen LogP contribution is -2.15. The number of benzene rings is 2. The average molecular weight is 447 g/mol. The van der Waals surface area contributed by atoms with Gasteiger partial charge in [0.25, 0.3) is 17.5 Å². The molecule has 160 valence electrons. The molecule has 2 aromatic carbocycles. The van der Waals surface area contributed by atoms with Crippen molar-refractivity contribution in [3.8, 4) is 5.69 Å². The summed E-state index contributed by atoms with van der Waals surface area (Å²) in [6.07, 6.45) is 0. The number of nitro benzene ring substituents is 1. The van der Waals surface area contributed by atoms with Crippen molar-refractivity contribution < 1.29 is 14.5 Å². The molecule has 0 atom stereocenters. The largest absolute Gasteiger partial charge is 0.321 e. The minimum Gasteiger partial charge on any atom is -0.321 e. The molecule has 0 aliphatic rings. The predicted molar refractivity (Wildman–Crippen MR) is 122 cm³/mol. The van der Waals surface area contributed by atoms with Crippen LogP contribution in [0.4, 0.5) is 17.2 Å². The first-order valence-corrected chi connectivity index (χ1v) is 10.4. The van der Waals surface area contributed by atoms with Crippen LogP contribution in [0.1, 0.15) is 25.7 Å². The minimum absolute atomic E-state index is 0.0329. The fourth-order valence-electron chi connectivity index (χ4n) is 2.99. The van der Waals surface area contributed by atoms with Crippen LogP contribution in [0.25, 0.3) is 5.69 Å². The number of non-ortho nitro benzene ring substituents is 1. The van der Waals surface area contributed by atoms with E-state index in [-0.39, 0.29) is 17.5 Å². The fraction of sp³-hybridized carbons (Fsp3) is 0.0455. The lowest BCUT2D eigenvalue weighted by molar-refractivity contribution is -0.384. The minimum atomic E-state index is -0.479. The van der Waals surface area contributed by atoms with E-state index in [4.69, 9.17) is 0 Å². The van der Waals surface area contributed by atoms with Gasteiger partial charge in [-0.1, -0.05) is 6.07 Å². The molecule has 2 amide bonds. The molecule has 0 bridgehead atoms. The lowest BCUT2D eigenvalue weighted by atomic mass is 10.2. The molecular weight excluding hydrogens is 430 g/mol. The van der Waals surface area contributed by atoms with Gasteiger partial charge in [0.05, 0.1) is 21.2 Å². The summed E-state index contributed by atoms with van der Waals surface area (Å²) in [5, 5.41) is 22.6. The zero-order valence-corrected chi connectivity index (χ0v) is 17.6. The third-order valence-electron chi connectivity index (χ3n) is 4.53. The molecule has 2 aromatic heterocycles. The van der Waals surface area contributed by atoms with Crippen LogP contribution in [0.5, 0.6) is 0 Å². The molecule has 0 saturated heterocycles. The number of carbonyl (C=O) groups excluding carboxylic acids is 2. The molecule has 0 spiro atoms. The second kappa shape index (κ2) is 8.82. The third-order valence-corrected chi connectivity index (χ3v) is 5.40. The van der Waals surface area contributed by atoms with Crippen LogP contribution in [0, 0.1) is 17.0 Å². The van der Waals surface area contributed by atoms with E-state index < -0.39 is 4.92 Å². The van der Waals surface area contributed by atoms with Crippen LogP contribution in [0.15, 0.2) is 72.1 Å². The quantitative estimate of drug-likeness (QED) is 0.329. The summed E-state index contributed by atoms with van der Waals surface area (Å²) < 4.78 is 1.51. The van der Waals surface area contributed by atoms with Crippen LogP contribution in [0.2, 0.25) is 0 Å². The second-order valence-electron chi connectivity index (χ2n) is 6.82. The average Bonchev–Trinajstić information content (AvgIpc) is 3.44. The first-order chi connectivity index (χ1) is 15.4. The van der Waals surface area contributed by atoms with E-state index in [1.165, 1.54) is 28.2 Å². The number of nitro groups is 1. The molecule has 0 aliphatic carbocycles. The molecule has 0 aliphatic heterocycles. The van der Waals surface area contributed by atoms with Crippen molar-refractivity contribution in [2.24, 2.45) is 0 Å². The Kier molecular flexibility index (Phi) is 5.77. The van der Waals surface area contributed by atoms with E-state index in [1.54, 1.807) is 61.5 Å². The van der Waals surface area contributed by atoms with Gasteiger partial charge in [-0.2, -0.15) is 5.10 Å². The van der Waals surface area contributed by atoms with Crippen molar-refractivity contribution in [1.29, 1.82) is 0 Å². The molecule has 4 rings (SSSR count). The van der Waals surface area contributed by atoms with E-state index >= 15 is 0 Å². The van der Waals surface area contributed by atoms with Gasteiger partial charge in [-0.15, -0.1) is 11.3 Å². The van der Waals surface area contributed by atoms with Gasteiger partial charge in [-0.05, 0) is 54.8 Å². The summed E-state index contributed by atoms with van der Waals surface area (Å²) in [4.78, 5) is 35.9. The smallest absolute Gasteiger partial charge is 0.269 e. The number of nitrogens with one attached hydrogen (secondary N) is 2. The summed E-state index contributed by atoms with van der Waals surface area (Å²) in [5.74, 6) is -0.139. The number of aryl methyl sites for hydroxylation is 1. The fourth-order valence-corrected chi connectivity index (χ4v) is 3.61. The van der Waals surface area contributed by atoms with Gasteiger partial charge in [-0.25, -0.2) is 4.68 Å². The molecule has 0 fully saturated rings. The summed E-state index contributed by atoms with van der Waals surface area (Å²) in [7, 11) is 0. The van der Waals surface area contributed by atoms with Crippen molar-refractivity contribution in [3.05, 3.63) is 98.4 Å². The van der Waals surface area contributed by atoms with Gasteiger partial charge >= 0.3 is 0 Å². The molecule has 10 heteroatoms. The molecule has 0 saturated carbocycles. The van der Waals surface area contributed by atoms with E-state index in [9.17, 15) is 19.7 Å². The van der Waals surface area contributed by atoms with E-state index in [0.29, 0.717) is 33.3 Å². The Bertz CT molecular complexity index is 1280. The summed E-state index contributed by atoms with van der Waals surface area (Å²) in [5.41, 5.74) is 2.19. The van der Waals surface area contributed by atoms with Gasteiger partial charge in [0.15, 0.2) is 0 Å². The maximum atomic E-state index is 12.7. The normalized spacial score (nSPS) is 10.5. The van der Waals surface area contributed by atoms with Crippen LogP contribution >= 0.6 is 11.3 Å². The monoisotopic (exact) mass is 447 g/mol. The lowest BCUT2D eigenvalue weighted by Gasteiger charge is -2.10. The highest BCUT2D eigenvalue weighted by Gasteiger charge is 2.14. The van der Waals surface area contributed by atoms with Gasteiger partial charge in [-0.3, -0.25) is 19.7 Å². The highest BCUT2D eigenvalue weighted by atomic mass is 32.1. The zero-order chi connectivity index (χ0) is 22.7. The number of hydrogen-bond donors (Lipinski definition) is 2. The van der Waals surface area contributed by atoms with E-state index in [2.05, 4.69) is 15.7 Å². The molecule has 0 radical (unpaired) electrons. The zero-order valence-electron chi connectivity index (χ0n) is 16.8. The number of thiophene rings is 1. The second-order valence-corrected chi connectivity index (χ2v) is 7.77. The van der Waals surface area contributed by atoms with E-state index in [1.807, 2.05) is 5.38 Å². The van der Waals surface area contributed by atoms with Gasteiger partial charge in [0, 0.05) is 29.4 Å². The highest BCUT2D eigenvalue weighted by molar-refractivity contribution is 7.12. The summed E-state index contributed by atoms with van der Waals surface area (Å²) in [6.45, 7) is 1.78. The van der Waals surface area contributed by atoms with E-state index in [0.717, 1.165) is 0 Å². The number of anilines is 2. The highest BCUT2D eigenvalue weighted by Crippen LogP contribution is 2.21. The standard InChI is InChI=1S/C22H17N5O4S/c1-14-13-20(26(25-14)17-8-10-18(11-9-17)27(30)31)24-21(28)15-4-6-16(7-5-15)23-22(29)19-3-2-12-32-19/h2-13H,1H3,(H,23,29)(H,24,28). The van der Waals surface area contributed by atoms with Crippen molar-refractivity contribution >= 4 is 40.3 Å². The van der Waals surface area contributed by atoms with Crippen LogP contribution in [-0.4, -0.2) is 26.5 Å². The van der Waals surface area contributed by atoms with Crippen LogP contribution in [-0.2, 0) is 0 Å². The Labute approximate surface area is 186 Å². The molecule has 9 nitrogen and oxygen atoms in total. The predicted octanol–water partition coefficient (Wildman–Crippen LogP) is 4.66. The van der Waals surface area contributed by atoms with Crippen LogP contribution < -0.4 is 10.6 Å². The summed E-state index contributed by atoms with van der Waals surface area (Å²) >= 11 is 1.35. The first kappa shape index (κ1) is 20.9. The Morgan fingerprint density at radius 2 is 1.72 bits per heavy atom. The van der Waals surface area contributed by atoms with Crippen molar-refractivity contribution in [2.45, 2.75) is 6.92 Å². The Hall–Kier alpha value is -4.31. The number of amides is 2. The Balaban J connectivity index is 1.48. The maximum Gasteiger partial charge on any atom is 0.269 e. The molecule has 32 heavy (non-hydrogen) atoms. The number of rotatable bonds is 6. The summed E-state index contributed by atoms with van der Waals surface area (Å²) in [6, 6.07) is 17.6. The number of nitrogens with zero attached hydrogens (tertiary/aromatic N) is 3. The van der Waals surface area contributed by atoms with Gasteiger partial charge < -0.3 is 10.6 Å². The first-order valence-electron chi connectivity index (χ1n) is 9.48. The molecule has 4 aromatic rings. The molecule has 0 unspecified atom stereocenters. The SMILES string of the molecule is Cc1cc(NC(=O)c2ccc(NC(=O)c3cccs3)cc2)n(-c2ccc([N+](=O)[O-])cc2)n1. The molecule has 2 heterocycles. The van der Waals surface area contributed by atoms with Gasteiger partial charge in [0.1, 0.15) is 5.82 Å². The number of carbonyl (C=O) groups is 2.